The Labute approximate surface area is 193 Å². The first-order chi connectivity index (χ1) is 13.8. The molecule has 0 fully saturated rings. The molecule has 154 valence electrons. The minimum Gasteiger partial charge on any atom is -0.473 e. The van der Waals surface area contributed by atoms with Crippen molar-refractivity contribution in [1.82, 2.24) is 15.2 Å². The normalized spacial score (nSPS) is 10.9. The Bertz CT molecular complexity index is 872. The highest BCUT2D eigenvalue weighted by Crippen LogP contribution is 2.16. The predicted molar refractivity (Wildman–Crippen MR) is 131 cm³/mol. The van der Waals surface area contributed by atoms with Gasteiger partial charge in [0.25, 0.3) is 0 Å². The van der Waals surface area contributed by atoms with Crippen molar-refractivity contribution in [3.63, 3.8) is 0 Å². The molecule has 0 spiro atoms. The molecule has 1 N–H and O–H groups in total. The summed E-state index contributed by atoms with van der Waals surface area (Å²) in [5.41, 5.74) is 2.13. The minimum absolute atomic E-state index is 0. The SMILES string of the molecule is CN=C(NCc1cccnc1OCc1ccccc1)N(C)CCc1cccs1.I. The molecule has 0 amide bonds. The van der Waals surface area contributed by atoms with Crippen molar-refractivity contribution in [2.45, 2.75) is 19.6 Å². The first-order valence-electron chi connectivity index (χ1n) is 9.31. The van der Waals surface area contributed by atoms with Crippen LogP contribution in [0.25, 0.3) is 0 Å². The van der Waals surface area contributed by atoms with Gasteiger partial charge in [0.05, 0.1) is 0 Å². The van der Waals surface area contributed by atoms with Gasteiger partial charge in [0, 0.05) is 43.8 Å². The van der Waals surface area contributed by atoms with Crippen LogP contribution >= 0.6 is 35.3 Å². The molecule has 0 saturated carbocycles. The Morgan fingerprint density at radius 2 is 1.97 bits per heavy atom. The molecule has 7 heteroatoms. The zero-order valence-corrected chi connectivity index (χ0v) is 19.9. The number of aliphatic imine (C=N–C) groups is 1. The third-order valence-electron chi connectivity index (χ3n) is 4.35. The number of nitrogens with one attached hydrogen (secondary N) is 1. The third-order valence-corrected chi connectivity index (χ3v) is 5.29. The number of aromatic nitrogens is 1. The molecule has 5 nitrogen and oxygen atoms in total. The van der Waals surface area contributed by atoms with Crippen LogP contribution in [0.2, 0.25) is 0 Å². The van der Waals surface area contributed by atoms with E-state index >= 15 is 0 Å². The van der Waals surface area contributed by atoms with Crippen molar-refractivity contribution < 1.29 is 4.74 Å². The van der Waals surface area contributed by atoms with Gasteiger partial charge in [-0.1, -0.05) is 42.5 Å². The van der Waals surface area contributed by atoms with Crippen LogP contribution in [0.5, 0.6) is 5.88 Å². The Balaban J connectivity index is 0.00000300. The lowest BCUT2D eigenvalue weighted by atomic mass is 10.2. The molecule has 0 atom stereocenters. The van der Waals surface area contributed by atoms with E-state index in [-0.39, 0.29) is 24.0 Å². The highest BCUT2D eigenvalue weighted by molar-refractivity contribution is 14.0. The van der Waals surface area contributed by atoms with Gasteiger partial charge < -0.3 is 15.0 Å². The molecule has 3 aromatic rings. The summed E-state index contributed by atoms with van der Waals surface area (Å²) in [6.07, 6.45) is 2.76. The fraction of sp³-hybridized carbons (Fsp3) is 0.273. The summed E-state index contributed by atoms with van der Waals surface area (Å²) < 4.78 is 5.94. The van der Waals surface area contributed by atoms with Gasteiger partial charge in [-0.15, -0.1) is 35.3 Å². The maximum Gasteiger partial charge on any atom is 0.218 e. The van der Waals surface area contributed by atoms with Gasteiger partial charge >= 0.3 is 0 Å². The van der Waals surface area contributed by atoms with Crippen molar-refractivity contribution in [1.29, 1.82) is 0 Å². The lowest BCUT2D eigenvalue weighted by Gasteiger charge is -2.22. The van der Waals surface area contributed by atoms with Crippen molar-refractivity contribution in [3.8, 4) is 5.88 Å². The van der Waals surface area contributed by atoms with Gasteiger partial charge in [-0.05, 0) is 29.5 Å². The van der Waals surface area contributed by atoms with E-state index in [0.717, 1.165) is 30.1 Å². The first kappa shape index (κ1) is 23.2. The van der Waals surface area contributed by atoms with Gasteiger partial charge in [0.1, 0.15) is 6.61 Å². The van der Waals surface area contributed by atoms with Gasteiger partial charge in [-0.3, -0.25) is 4.99 Å². The third kappa shape index (κ3) is 7.32. The number of thiophene rings is 1. The predicted octanol–water partition coefficient (Wildman–Crippen LogP) is 4.59. The van der Waals surface area contributed by atoms with Crippen LogP contribution in [-0.2, 0) is 19.6 Å². The van der Waals surface area contributed by atoms with E-state index in [2.05, 4.69) is 44.8 Å². The molecule has 1 aromatic carbocycles. The lowest BCUT2D eigenvalue weighted by Crippen LogP contribution is -2.39. The van der Waals surface area contributed by atoms with Crippen LogP contribution in [0.1, 0.15) is 16.0 Å². The number of hydrogen-bond acceptors (Lipinski definition) is 4. The number of hydrogen-bond donors (Lipinski definition) is 1. The van der Waals surface area contributed by atoms with Crippen LogP contribution in [-0.4, -0.2) is 36.5 Å². The number of nitrogens with zero attached hydrogens (tertiary/aromatic N) is 3. The van der Waals surface area contributed by atoms with E-state index in [4.69, 9.17) is 4.74 Å². The number of guanidine groups is 1. The summed E-state index contributed by atoms with van der Waals surface area (Å²) in [6.45, 7) is 2.01. The van der Waals surface area contributed by atoms with E-state index in [9.17, 15) is 0 Å². The summed E-state index contributed by atoms with van der Waals surface area (Å²) in [7, 11) is 3.86. The molecule has 0 saturated heterocycles. The Hall–Kier alpha value is -2.13. The van der Waals surface area contributed by atoms with Gasteiger partial charge in [-0.2, -0.15) is 0 Å². The Morgan fingerprint density at radius 3 is 2.69 bits per heavy atom. The van der Waals surface area contributed by atoms with E-state index in [0.29, 0.717) is 19.0 Å². The van der Waals surface area contributed by atoms with E-state index in [1.165, 1.54) is 4.88 Å². The van der Waals surface area contributed by atoms with E-state index in [1.54, 1.807) is 24.6 Å². The smallest absolute Gasteiger partial charge is 0.218 e. The molecule has 0 radical (unpaired) electrons. The fourth-order valence-corrected chi connectivity index (χ4v) is 3.51. The molecule has 2 heterocycles. The summed E-state index contributed by atoms with van der Waals surface area (Å²) >= 11 is 1.79. The number of benzene rings is 1. The molecule has 0 bridgehead atoms. The second-order valence-electron chi connectivity index (χ2n) is 6.39. The Kier molecular flexibility index (Phi) is 9.93. The van der Waals surface area contributed by atoms with Crippen LogP contribution < -0.4 is 10.1 Å². The summed E-state index contributed by atoms with van der Waals surface area (Å²) in [6, 6.07) is 18.3. The highest BCUT2D eigenvalue weighted by atomic mass is 127. The zero-order valence-electron chi connectivity index (χ0n) is 16.7. The van der Waals surface area contributed by atoms with Crippen LogP contribution in [0.3, 0.4) is 0 Å². The summed E-state index contributed by atoms with van der Waals surface area (Å²) in [5.74, 6) is 1.50. The molecule has 29 heavy (non-hydrogen) atoms. The monoisotopic (exact) mass is 522 g/mol. The summed E-state index contributed by atoms with van der Waals surface area (Å²) in [4.78, 5) is 12.3. The number of ether oxygens (including phenoxy) is 1. The van der Waals surface area contributed by atoms with Gasteiger partial charge in [-0.25, -0.2) is 4.98 Å². The molecule has 0 unspecified atom stereocenters. The molecule has 3 rings (SSSR count). The molecule has 0 aliphatic heterocycles. The number of rotatable bonds is 8. The number of pyridine rings is 1. The van der Waals surface area contributed by atoms with Crippen molar-refractivity contribution in [3.05, 3.63) is 82.2 Å². The standard InChI is InChI=1S/C22H26N4OS.HI/c1-23-22(26(2)14-12-20-11-7-15-28-20)25-16-19-10-6-13-24-21(19)27-17-18-8-4-3-5-9-18;/h3-11,13,15H,12,14,16-17H2,1-2H3,(H,23,25);1H. The van der Waals surface area contributed by atoms with Crippen molar-refractivity contribution >= 4 is 41.3 Å². The highest BCUT2D eigenvalue weighted by Gasteiger charge is 2.09. The average Bonchev–Trinajstić information content (AvgIpc) is 3.26. The maximum absolute atomic E-state index is 5.94. The lowest BCUT2D eigenvalue weighted by molar-refractivity contribution is 0.290. The van der Waals surface area contributed by atoms with Crippen molar-refractivity contribution in [2.24, 2.45) is 4.99 Å². The second kappa shape index (κ2) is 12.4. The Morgan fingerprint density at radius 1 is 1.14 bits per heavy atom. The van der Waals surface area contributed by atoms with Gasteiger partial charge in [0.15, 0.2) is 5.96 Å². The molecule has 2 aromatic heterocycles. The second-order valence-corrected chi connectivity index (χ2v) is 7.43. The molecular weight excluding hydrogens is 495 g/mol. The maximum atomic E-state index is 5.94. The van der Waals surface area contributed by atoms with E-state index in [1.807, 2.05) is 42.5 Å². The van der Waals surface area contributed by atoms with Crippen LogP contribution in [0.15, 0.2) is 71.2 Å². The fourth-order valence-electron chi connectivity index (χ4n) is 2.81. The quantitative estimate of drug-likeness (QED) is 0.267. The molecule has 0 aliphatic carbocycles. The number of likely N-dealkylation sites (N-methyl/N-ethyl adjacent to an activating group) is 1. The van der Waals surface area contributed by atoms with E-state index < -0.39 is 0 Å². The summed E-state index contributed by atoms with van der Waals surface area (Å²) in [5, 5.41) is 5.53. The molecule has 0 aliphatic rings. The topological polar surface area (TPSA) is 49.8 Å². The first-order valence-corrected chi connectivity index (χ1v) is 10.2. The van der Waals surface area contributed by atoms with Crippen LogP contribution in [0.4, 0.5) is 0 Å². The van der Waals surface area contributed by atoms with Crippen molar-refractivity contribution in [2.75, 3.05) is 20.6 Å². The largest absolute Gasteiger partial charge is 0.473 e. The minimum atomic E-state index is 0. The zero-order chi connectivity index (χ0) is 19.6. The average molecular weight is 522 g/mol. The van der Waals surface area contributed by atoms with Crippen LogP contribution in [0, 0.1) is 0 Å². The number of halogens is 1. The van der Waals surface area contributed by atoms with Gasteiger partial charge in [0.2, 0.25) is 5.88 Å². The molecular formula is C22H27IN4OS.